The summed E-state index contributed by atoms with van der Waals surface area (Å²) in [6, 6.07) is 8.73. The van der Waals surface area contributed by atoms with Crippen LogP contribution in [0.15, 0.2) is 28.7 Å². The van der Waals surface area contributed by atoms with Gasteiger partial charge in [-0.25, -0.2) is 0 Å². The number of halogens is 1. The highest BCUT2D eigenvalue weighted by Crippen LogP contribution is 2.47. The van der Waals surface area contributed by atoms with Crippen LogP contribution in [0.4, 0.5) is 0 Å². The zero-order valence-corrected chi connectivity index (χ0v) is 10.8. The van der Waals surface area contributed by atoms with Crippen molar-refractivity contribution in [3.8, 4) is 0 Å². The fraction of sp³-hybridized carbons (Fsp3) is 0.538. The van der Waals surface area contributed by atoms with Crippen molar-refractivity contribution in [1.82, 2.24) is 5.32 Å². The van der Waals surface area contributed by atoms with E-state index >= 15 is 0 Å². The summed E-state index contributed by atoms with van der Waals surface area (Å²) in [6.45, 7) is 4.55. The first-order valence-corrected chi connectivity index (χ1v) is 6.56. The van der Waals surface area contributed by atoms with Crippen LogP contribution >= 0.6 is 15.9 Å². The van der Waals surface area contributed by atoms with Crippen molar-refractivity contribution in [2.75, 3.05) is 13.1 Å². The van der Waals surface area contributed by atoms with E-state index in [9.17, 15) is 0 Å². The maximum Gasteiger partial charge on any atom is 0.0178 e. The molecule has 0 aliphatic heterocycles. The highest BCUT2D eigenvalue weighted by molar-refractivity contribution is 9.10. The molecule has 15 heavy (non-hydrogen) atoms. The molecule has 0 radical (unpaired) electrons. The quantitative estimate of drug-likeness (QED) is 0.805. The van der Waals surface area contributed by atoms with Crippen LogP contribution in [0.5, 0.6) is 0 Å². The lowest BCUT2D eigenvalue weighted by Gasteiger charge is -2.03. The number of nitrogens with one attached hydrogen (secondary N) is 1. The van der Waals surface area contributed by atoms with Gasteiger partial charge in [0.05, 0.1) is 0 Å². The Hall–Kier alpha value is -0.340. The third kappa shape index (κ3) is 3.05. The Morgan fingerprint density at radius 3 is 3.07 bits per heavy atom. The molecule has 1 aliphatic carbocycles. The van der Waals surface area contributed by atoms with E-state index < -0.39 is 0 Å². The molecule has 2 rings (SSSR count). The van der Waals surface area contributed by atoms with E-state index in [4.69, 9.17) is 0 Å². The molecular weight excluding hydrogens is 250 g/mol. The molecule has 0 saturated heterocycles. The highest BCUT2D eigenvalue weighted by atomic mass is 79.9. The molecule has 0 heterocycles. The van der Waals surface area contributed by atoms with E-state index in [-0.39, 0.29) is 0 Å². The topological polar surface area (TPSA) is 12.0 Å². The standard InChI is InChI=1S/C13H18BrN/c1-2-6-15-9-11-8-13(11)10-4-3-5-12(14)7-10/h3-5,7,11,13,15H,2,6,8-9H2,1H3. The summed E-state index contributed by atoms with van der Waals surface area (Å²) in [5, 5.41) is 3.50. The Labute approximate surface area is 100 Å². The second-order valence-corrected chi connectivity index (χ2v) is 5.28. The van der Waals surface area contributed by atoms with Crippen LogP contribution in [0.3, 0.4) is 0 Å². The molecule has 1 aromatic carbocycles. The number of rotatable bonds is 5. The molecule has 1 aromatic rings. The Balaban J connectivity index is 1.83. The molecule has 2 heteroatoms. The zero-order chi connectivity index (χ0) is 10.7. The third-order valence-electron chi connectivity index (χ3n) is 3.03. The Bertz CT molecular complexity index is 324. The lowest BCUT2D eigenvalue weighted by atomic mass is 10.1. The minimum absolute atomic E-state index is 0.798. The first-order chi connectivity index (χ1) is 7.31. The predicted molar refractivity (Wildman–Crippen MR) is 68.2 cm³/mol. The normalized spacial score (nSPS) is 24.1. The molecule has 1 nitrogen and oxygen atoms in total. The van der Waals surface area contributed by atoms with Gasteiger partial charge in [-0.15, -0.1) is 0 Å². The van der Waals surface area contributed by atoms with Crippen molar-refractivity contribution in [3.63, 3.8) is 0 Å². The van der Waals surface area contributed by atoms with Crippen LogP contribution in [0.1, 0.15) is 31.2 Å². The monoisotopic (exact) mass is 267 g/mol. The smallest absolute Gasteiger partial charge is 0.0178 e. The maximum absolute atomic E-state index is 3.53. The summed E-state index contributed by atoms with van der Waals surface area (Å²) in [5.41, 5.74) is 1.49. The zero-order valence-electron chi connectivity index (χ0n) is 9.17. The van der Waals surface area contributed by atoms with Gasteiger partial charge in [-0.1, -0.05) is 35.0 Å². The lowest BCUT2D eigenvalue weighted by molar-refractivity contribution is 0.620. The molecule has 1 fully saturated rings. The second-order valence-electron chi connectivity index (χ2n) is 4.36. The molecule has 2 unspecified atom stereocenters. The van der Waals surface area contributed by atoms with Crippen molar-refractivity contribution < 1.29 is 0 Å². The van der Waals surface area contributed by atoms with Crippen molar-refractivity contribution in [2.24, 2.45) is 5.92 Å². The molecule has 1 aliphatic rings. The minimum Gasteiger partial charge on any atom is -0.316 e. The van der Waals surface area contributed by atoms with Crippen LogP contribution in [-0.4, -0.2) is 13.1 Å². The van der Waals surface area contributed by atoms with Gasteiger partial charge in [0.2, 0.25) is 0 Å². The third-order valence-corrected chi connectivity index (χ3v) is 3.53. The average molecular weight is 268 g/mol. The van der Waals surface area contributed by atoms with Gasteiger partial charge in [0.1, 0.15) is 0 Å². The lowest BCUT2D eigenvalue weighted by Crippen LogP contribution is -2.17. The van der Waals surface area contributed by atoms with Crippen LogP contribution in [0.2, 0.25) is 0 Å². The minimum atomic E-state index is 0.798. The summed E-state index contributed by atoms with van der Waals surface area (Å²) in [6.07, 6.45) is 2.58. The molecule has 0 amide bonds. The van der Waals surface area contributed by atoms with E-state index in [2.05, 4.69) is 52.4 Å². The largest absolute Gasteiger partial charge is 0.316 e. The molecule has 0 aromatic heterocycles. The van der Waals surface area contributed by atoms with Crippen molar-refractivity contribution >= 4 is 15.9 Å². The van der Waals surface area contributed by atoms with Gasteiger partial charge < -0.3 is 5.32 Å². The van der Waals surface area contributed by atoms with Crippen LogP contribution in [0, 0.1) is 5.92 Å². The van der Waals surface area contributed by atoms with Gasteiger partial charge in [0.25, 0.3) is 0 Å². The summed E-state index contributed by atoms with van der Waals surface area (Å²) >= 11 is 3.53. The van der Waals surface area contributed by atoms with E-state index in [1.807, 2.05) is 0 Å². The fourth-order valence-electron chi connectivity index (χ4n) is 2.08. The van der Waals surface area contributed by atoms with E-state index in [1.165, 1.54) is 29.4 Å². The average Bonchev–Trinajstić information content (AvgIpc) is 2.98. The predicted octanol–water partition coefficient (Wildman–Crippen LogP) is 3.55. The van der Waals surface area contributed by atoms with Gasteiger partial charge >= 0.3 is 0 Å². The molecule has 0 bridgehead atoms. The van der Waals surface area contributed by atoms with Crippen LogP contribution in [-0.2, 0) is 0 Å². The first kappa shape index (κ1) is 11.2. The van der Waals surface area contributed by atoms with Crippen molar-refractivity contribution in [2.45, 2.75) is 25.7 Å². The molecule has 82 valence electrons. The summed E-state index contributed by atoms with van der Waals surface area (Å²) in [4.78, 5) is 0. The molecule has 2 atom stereocenters. The number of hydrogen-bond acceptors (Lipinski definition) is 1. The van der Waals surface area contributed by atoms with E-state index in [0.29, 0.717) is 0 Å². The van der Waals surface area contributed by atoms with Crippen molar-refractivity contribution in [3.05, 3.63) is 34.3 Å². The SMILES string of the molecule is CCCNCC1CC1c1cccc(Br)c1. The van der Waals surface area contributed by atoms with Crippen LogP contribution in [0.25, 0.3) is 0 Å². The molecule has 1 saturated carbocycles. The fourth-order valence-corrected chi connectivity index (χ4v) is 2.50. The Morgan fingerprint density at radius 1 is 1.47 bits per heavy atom. The second kappa shape index (κ2) is 5.13. The number of benzene rings is 1. The molecule has 0 spiro atoms. The highest BCUT2D eigenvalue weighted by Gasteiger charge is 2.37. The maximum atomic E-state index is 3.53. The summed E-state index contributed by atoms with van der Waals surface area (Å²) < 4.78 is 1.20. The van der Waals surface area contributed by atoms with E-state index in [0.717, 1.165) is 18.4 Å². The van der Waals surface area contributed by atoms with Gasteiger partial charge in [0, 0.05) is 4.47 Å². The Kier molecular flexibility index (Phi) is 3.81. The van der Waals surface area contributed by atoms with Gasteiger partial charge in [0.15, 0.2) is 0 Å². The summed E-state index contributed by atoms with van der Waals surface area (Å²) in [5.74, 6) is 1.66. The Morgan fingerprint density at radius 2 is 2.33 bits per heavy atom. The molecule has 1 N–H and O–H groups in total. The molecular formula is C13H18BrN. The first-order valence-electron chi connectivity index (χ1n) is 5.77. The van der Waals surface area contributed by atoms with Gasteiger partial charge in [-0.3, -0.25) is 0 Å². The summed E-state index contributed by atoms with van der Waals surface area (Å²) in [7, 11) is 0. The van der Waals surface area contributed by atoms with E-state index in [1.54, 1.807) is 0 Å². The van der Waals surface area contributed by atoms with Gasteiger partial charge in [-0.2, -0.15) is 0 Å². The van der Waals surface area contributed by atoms with Crippen molar-refractivity contribution in [1.29, 1.82) is 0 Å². The van der Waals surface area contributed by atoms with Gasteiger partial charge in [-0.05, 0) is 55.5 Å². The van der Waals surface area contributed by atoms with Crippen LogP contribution < -0.4 is 5.32 Å². The number of hydrogen-bond donors (Lipinski definition) is 1.